The van der Waals surface area contributed by atoms with Crippen LogP contribution in [0.3, 0.4) is 0 Å². The number of nitrogens with zero attached hydrogens (tertiary/aromatic N) is 12. The number of hydrogen-bond donors (Lipinski definition) is 0. The standard InChI is InChI=1S/2C10H10N4.C9H8N4.Ru/c2*1-7-3-11-5-9(13-7)10-6-12-4-8(2)14-10;1-7-4-11-6-9(13-7)8-5-10-2-3-12-8;/h2*3-6H,1-2H3;2-6H,1H3;. The van der Waals surface area contributed by atoms with Crippen molar-refractivity contribution in [3.8, 4) is 34.2 Å². The Morgan fingerprint density at radius 2 is 0.571 bits per heavy atom. The fraction of sp³-hybridized carbons (Fsp3) is 0.172. The van der Waals surface area contributed by atoms with E-state index in [1.54, 1.807) is 80.6 Å². The largest absolute Gasteiger partial charge is 0.261 e. The maximum atomic E-state index is 4.32. The Hall–Kier alpha value is -4.90. The third-order valence-corrected chi connectivity index (χ3v) is 5.13. The molecule has 42 heavy (non-hydrogen) atoms. The molecule has 0 amide bonds. The van der Waals surface area contributed by atoms with E-state index in [-0.39, 0.29) is 19.5 Å². The van der Waals surface area contributed by atoms with E-state index >= 15 is 0 Å². The zero-order valence-electron chi connectivity index (χ0n) is 23.7. The van der Waals surface area contributed by atoms with Gasteiger partial charge < -0.3 is 0 Å². The van der Waals surface area contributed by atoms with E-state index in [4.69, 9.17) is 0 Å². The molecule has 0 aromatic carbocycles. The van der Waals surface area contributed by atoms with Gasteiger partial charge in [-0.3, -0.25) is 34.9 Å². The van der Waals surface area contributed by atoms with Crippen LogP contribution in [0.1, 0.15) is 28.5 Å². The molecule has 0 aliphatic rings. The first-order valence-electron chi connectivity index (χ1n) is 12.6. The maximum absolute atomic E-state index is 4.32. The Morgan fingerprint density at radius 3 is 0.810 bits per heavy atom. The zero-order valence-corrected chi connectivity index (χ0v) is 25.5. The minimum Gasteiger partial charge on any atom is -0.261 e. The molecule has 6 aromatic rings. The molecule has 6 heterocycles. The van der Waals surface area contributed by atoms with Crippen molar-refractivity contribution in [1.82, 2.24) is 59.8 Å². The normalized spacial score (nSPS) is 9.83. The predicted molar refractivity (Wildman–Crippen MR) is 153 cm³/mol. The van der Waals surface area contributed by atoms with E-state index < -0.39 is 0 Å². The minimum atomic E-state index is 0. The summed E-state index contributed by atoms with van der Waals surface area (Å²) in [5.74, 6) is 0. The third kappa shape index (κ3) is 9.63. The molecule has 12 nitrogen and oxygen atoms in total. The summed E-state index contributed by atoms with van der Waals surface area (Å²) in [6.07, 6.45) is 21.9. The Morgan fingerprint density at radius 1 is 0.310 bits per heavy atom. The fourth-order valence-electron chi connectivity index (χ4n) is 3.37. The molecule has 0 aliphatic carbocycles. The van der Waals surface area contributed by atoms with Crippen LogP contribution in [-0.4, -0.2) is 59.8 Å². The second-order valence-electron chi connectivity index (χ2n) is 8.82. The molecule has 0 aliphatic heterocycles. The van der Waals surface area contributed by atoms with E-state index in [9.17, 15) is 0 Å². The van der Waals surface area contributed by atoms with E-state index in [1.807, 2.05) is 34.6 Å². The van der Waals surface area contributed by atoms with E-state index in [1.165, 1.54) is 0 Å². The molecule has 0 radical (unpaired) electrons. The second-order valence-corrected chi connectivity index (χ2v) is 8.82. The van der Waals surface area contributed by atoms with Gasteiger partial charge in [-0.1, -0.05) is 0 Å². The molecule has 0 unspecified atom stereocenters. The van der Waals surface area contributed by atoms with Gasteiger partial charge in [0.05, 0.1) is 65.7 Å². The Labute approximate surface area is 256 Å². The summed E-state index contributed by atoms with van der Waals surface area (Å²) in [7, 11) is 0. The van der Waals surface area contributed by atoms with Gasteiger partial charge in [-0.25, -0.2) is 24.9 Å². The van der Waals surface area contributed by atoms with Gasteiger partial charge in [0.1, 0.15) is 34.2 Å². The average Bonchev–Trinajstić information content (AvgIpc) is 2.98. The topological polar surface area (TPSA) is 155 Å². The number of aryl methyl sites for hydroxylation is 5. The Bertz CT molecular complexity index is 1540. The molecule has 6 aromatic heterocycles. The molecular formula is C29H28N12Ru. The molecule has 6 rings (SSSR count). The summed E-state index contributed by atoms with van der Waals surface area (Å²) >= 11 is 0. The van der Waals surface area contributed by atoms with Gasteiger partial charge in [-0.2, -0.15) is 0 Å². The molecule has 0 spiro atoms. The van der Waals surface area contributed by atoms with Crippen LogP contribution < -0.4 is 0 Å². The van der Waals surface area contributed by atoms with Crippen molar-refractivity contribution in [3.63, 3.8) is 0 Å². The van der Waals surface area contributed by atoms with Gasteiger partial charge >= 0.3 is 0 Å². The molecule has 0 saturated carbocycles. The molecule has 13 heteroatoms. The van der Waals surface area contributed by atoms with Crippen molar-refractivity contribution in [3.05, 3.63) is 109 Å². The summed E-state index contributed by atoms with van der Waals surface area (Å²) in [6, 6.07) is 0. The summed E-state index contributed by atoms with van der Waals surface area (Å²) in [6.45, 7) is 9.51. The molecule has 212 valence electrons. The van der Waals surface area contributed by atoms with Crippen LogP contribution in [0.2, 0.25) is 0 Å². The Balaban J connectivity index is 0.000000171. The van der Waals surface area contributed by atoms with Gasteiger partial charge in [0, 0.05) is 62.9 Å². The first kappa shape index (κ1) is 31.6. The van der Waals surface area contributed by atoms with E-state index in [0.717, 1.165) is 62.6 Å². The van der Waals surface area contributed by atoms with Crippen LogP contribution in [0.15, 0.2) is 80.6 Å². The van der Waals surface area contributed by atoms with Crippen LogP contribution >= 0.6 is 0 Å². The first-order valence-corrected chi connectivity index (χ1v) is 12.6. The maximum Gasteiger partial charge on any atom is 0.109 e. The van der Waals surface area contributed by atoms with E-state index in [0.29, 0.717) is 0 Å². The predicted octanol–water partition coefficient (Wildman–Crippen LogP) is 4.34. The molecule has 0 N–H and O–H groups in total. The summed E-state index contributed by atoms with van der Waals surface area (Å²) in [5.41, 5.74) is 8.97. The van der Waals surface area contributed by atoms with Crippen molar-refractivity contribution in [1.29, 1.82) is 0 Å². The molecule has 0 fully saturated rings. The average molecular weight is 646 g/mol. The number of hydrogen-bond acceptors (Lipinski definition) is 12. The van der Waals surface area contributed by atoms with Crippen LogP contribution in [0, 0.1) is 34.6 Å². The first-order chi connectivity index (χ1) is 19.9. The second kappa shape index (κ2) is 15.8. The number of aromatic nitrogens is 12. The zero-order chi connectivity index (χ0) is 29.0. The minimum absolute atomic E-state index is 0. The van der Waals surface area contributed by atoms with Crippen LogP contribution in [0.5, 0.6) is 0 Å². The molecule has 0 saturated heterocycles. The van der Waals surface area contributed by atoms with Crippen LogP contribution in [0.4, 0.5) is 0 Å². The van der Waals surface area contributed by atoms with Gasteiger partial charge in [0.2, 0.25) is 0 Å². The molecular weight excluding hydrogens is 617 g/mol. The monoisotopic (exact) mass is 646 g/mol. The molecule has 0 atom stereocenters. The Kier molecular flexibility index (Phi) is 11.9. The van der Waals surface area contributed by atoms with Crippen molar-refractivity contribution < 1.29 is 19.5 Å². The van der Waals surface area contributed by atoms with Gasteiger partial charge in [0.25, 0.3) is 0 Å². The van der Waals surface area contributed by atoms with Gasteiger partial charge in [0.15, 0.2) is 0 Å². The van der Waals surface area contributed by atoms with Gasteiger partial charge in [-0.05, 0) is 34.6 Å². The SMILES string of the molecule is Cc1cncc(-c2cncc(C)n2)n1.Cc1cncc(-c2cncc(C)n2)n1.Cc1cncc(-c2cnccn2)n1.[Ru]. The van der Waals surface area contributed by atoms with Crippen molar-refractivity contribution in [2.24, 2.45) is 0 Å². The third-order valence-electron chi connectivity index (χ3n) is 5.13. The summed E-state index contributed by atoms with van der Waals surface area (Å²) < 4.78 is 0. The quantitative estimate of drug-likeness (QED) is 0.252. The van der Waals surface area contributed by atoms with Crippen molar-refractivity contribution in [2.75, 3.05) is 0 Å². The number of rotatable bonds is 3. The fourth-order valence-corrected chi connectivity index (χ4v) is 3.37. The van der Waals surface area contributed by atoms with Crippen molar-refractivity contribution >= 4 is 0 Å². The summed E-state index contributed by atoms with van der Waals surface area (Å²) in [4.78, 5) is 49.9. The van der Waals surface area contributed by atoms with E-state index in [2.05, 4.69) is 59.8 Å². The summed E-state index contributed by atoms with van der Waals surface area (Å²) in [5, 5.41) is 0. The molecule has 0 bridgehead atoms. The van der Waals surface area contributed by atoms with Crippen molar-refractivity contribution in [2.45, 2.75) is 34.6 Å². The van der Waals surface area contributed by atoms with Gasteiger partial charge in [-0.15, -0.1) is 0 Å². The van der Waals surface area contributed by atoms with Crippen LogP contribution in [0.25, 0.3) is 34.2 Å². The smallest absolute Gasteiger partial charge is 0.109 e. The van der Waals surface area contributed by atoms with Crippen LogP contribution in [-0.2, 0) is 19.5 Å².